The van der Waals surface area contributed by atoms with Gasteiger partial charge in [-0.3, -0.25) is 4.79 Å². The van der Waals surface area contributed by atoms with Crippen molar-refractivity contribution in [3.05, 3.63) is 65.7 Å². The molecular weight excluding hydrogens is 240 g/mol. The van der Waals surface area contributed by atoms with E-state index in [1.807, 2.05) is 18.2 Å². The molecular formula is C15H14N2O2. The van der Waals surface area contributed by atoms with E-state index < -0.39 is 0 Å². The summed E-state index contributed by atoms with van der Waals surface area (Å²) < 4.78 is 5.05. The Labute approximate surface area is 111 Å². The van der Waals surface area contributed by atoms with Crippen molar-refractivity contribution in [1.29, 1.82) is 0 Å². The Hall–Kier alpha value is -2.62. The quantitative estimate of drug-likeness (QED) is 0.394. The predicted octanol–water partition coefficient (Wildman–Crippen LogP) is 2.24. The second-order valence-electron chi connectivity index (χ2n) is 3.90. The van der Waals surface area contributed by atoms with E-state index in [-0.39, 0.29) is 11.5 Å². The van der Waals surface area contributed by atoms with Crippen LogP contribution < -0.4 is 10.6 Å². The molecule has 2 rings (SSSR count). The molecule has 2 N–H and O–H groups in total. The third-order valence-electron chi connectivity index (χ3n) is 2.74. The van der Waals surface area contributed by atoms with Gasteiger partial charge in [-0.1, -0.05) is 30.3 Å². The van der Waals surface area contributed by atoms with Crippen molar-refractivity contribution >= 4 is 11.5 Å². The minimum Gasteiger partial charge on any atom is -0.497 e. The fourth-order valence-corrected chi connectivity index (χ4v) is 1.74. The van der Waals surface area contributed by atoms with Gasteiger partial charge in [0.05, 0.1) is 7.11 Å². The van der Waals surface area contributed by atoms with Crippen molar-refractivity contribution in [2.45, 2.75) is 0 Å². The number of ketones is 1. The van der Waals surface area contributed by atoms with Gasteiger partial charge >= 0.3 is 0 Å². The normalized spacial score (nSPS) is 11.1. The fourth-order valence-electron chi connectivity index (χ4n) is 1.74. The van der Waals surface area contributed by atoms with Gasteiger partial charge in [0.25, 0.3) is 0 Å². The summed E-state index contributed by atoms with van der Waals surface area (Å²) in [7, 11) is 1.58. The Kier molecular flexibility index (Phi) is 3.93. The zero-order valence-corrected chi connectivity index (χ0v) is 10.5. The van der Waals surface area contributed by atoms with Crippen LogP contribution in [0, 0.1) is 0 Å². The van der Waals surface area contributed by atoms with E-state index in [1.54, 1.807) is 43.5 Å². The van der Waals surface area contributed by atoms with Gasteiger partial charge in [-0.2, -0.15) is 5.10 Å². The van der Waals surface area contributed by atoms with Crippen LogP contribution in [-0.4, -0.2) is 18.6 Å². The highest BCUT2D eigenvalue weighted by Gasteiger charge is 2.15. The third kappa shape index (κ3) is 2.80. The van der Waals surface area contributed by atoms with Gasteiger partial charge in [0.15, 0.2) is 0 Å². The number of hydrogen-bond donors (Lipinski definition) is 1. The Balaban J connectivity index is 2.31. The van der Waals surface area contributed by atoms with E-state index >= 15 is 0 Å². The summed E-state index contributed by atoms with van der Waals surface area (Å²) in [5.74, 6) is 5.83. The van der Waals surface area contributed by atoms with Crippen LogP contribution in [0.15, 0.2) is 59.7 Å². The number of ether oxygens (including phenoxy) is 1. The summed E-state index contributed by atoms with van der Waals surface area (Å²) in [6.45, 7) is 0. The Morgan fingerprint density at radius 2 is 1.63 bits per heavy atom. The molecule has 19 heavy (non-hydrogen) atoms. The first-order valence-electron chi connectivity index (χ1n) is 5.78. The topological polar surface area (TPSA) is 64.7 Å². The van der Waals surface area contributed by atoms with Crippen molar-refractivity contribution in [3.8, 4) is 5.75 Å². The SMILES string of the molecule is COc1ccc(C(=O)/C(=N/N)c2ccccc2)cc1. The van der Waals surface area contributed by atoms with Gasteiger partial charge < -0.3 is 10.6 Å². The van der Waals surface area contributed by atoms with Gasteiger partial charge in [0.2, 0.25) is 5.78 Å². The highest BCUT2D eigenvalue weighted by molar-refractivity contribution is 6.51. The molecule has 0 heterocycles. The highest BCUT2D eigenvalue weighted by atomic mass is 16.5. The zero-order chi connectivity index (χ0) is 13.7. The average Bonchev–Trinajstić information content (AvgIpc) is 2.49. The lowest BCUT2D eigenvalue weighted by Crippen LogP contribution is -2.17. The van der Waals surface area contributed by atoms with Crippen LogP contribution in [0.2, 0.25) is 0 Å². The number of benzene rings is 2. The van der Waals surface area contributed by atoms with Crippen LogP contribution in [-0.2, 0) is 0 Å². The fraction of sp³-hybridized carbons (Fsp3) is 0.0667. The zero-order valence-electron chi connectivity index (χ0n) is 10.5. The van der Waals surface area contributed by atoms with Crippen LogP contribution in [0.5, 0.6) is 5.75 Å². The van der Waals surface area contributed by atoms with E-state index in [4.69, 9.17) is 10.6 Å². The van der Waals surface area contributed by atoms with Crippen molar-refractivity contribution in [1.82, 2.24) is 0 Å². The number of rotatable bonds is 4. The molecule has 0 spiro atoms. The number of carbonyl (C=O) groups excluding carboxylic acids is 1. The number of hydrogen-bond acceptors (Lipinski definition) is 4. The molecule has 0 fully saturated rings. The molecule has 0 radical (unpaired) electrons. The maximum Gasteiger partial charge on any atom is 0.213 e. The second-order valence-corrected chi connectivity index (χ2v) is 3.90. The van der Waals surface area contributed by atoms with E-state index in [9.17, 15) is 4.79 Å². The molecule has 0 unspecified atom stereocenters. The van der Waals surface area contributed by atoms with E-state index in [0.29, 0.717) is 16.9 Å². The molecule has 0 aliphatic carbocycles. The lowest BCUT2D eigenvalue weighted by molar-refractivity contribution is 0.106. The predicted molar refractivity (Wildman–Crippen MR) is 74.5 cm³/mol. The summed E-state index contributed by atoms with van der Waals surface area (Å²) in [6, 6.07) is 16.0. The maximum absolute atomic E-state index is 12.3. The van der Waals surface area contributed by atoms with Crippen molar-refractivity contribution in [3.63, 3.8) is 0 Å². The second kappa shape index (κ2) is 5.82. The minimum atomic E-state index is -0.212. The van der Waals surface area contributed by atoms with Gasteiger partial charge in [-0.05, 0) is 24.3 Å². The number of methoxy groups -OCH3 is 1. The van der Waals surface area contributed by atoms with Crippen molar-refractivity contribution in [2.24, 2.45) is 10.9 Å². The van der Waals surface area contributed by atoms with Crippen LogP contribution in [0.3, 0.4) is 0 Å². The van der Waals surface area contributed by atoms with E-state index in [0.717, 1.165) is 0 Å². The molecule has 0 amide bonds. The first kappa shape index (κ1) is 12.8. The summed E-state index contributed by atoms with van der Waals surface area (Å²) in [5.41, 5.74) is 1.46. The Morgan fingerprint density at radius 3 is 2.16 bits per heavy atom. The lowest BCUT2D eigenvalue weighted by atomic mass is 10.0. The number of hydrazone groups is 1. The molecule has 4 heteroatoms. The number of nitrogens with zero attached hydrogens (tertiary/aromatic N) is 1. The third-order valence-corrected chi connectivity index (χ3v) is 2.74. The first-order chi connectivity index (χ1) is 9.26. The van der Waals surface area contributed by atoms with Gasteiger partial charge in [0.1, 0.15) is 11.5 Å². The molecule has 4 nitrogen and oxygen atoms in total. The summed E-state index contributed by atoms with van der Waals surface area (Å²) in [4.78, 5) is 12.3. The van der Waals surface area contributed by atoms with Crippen LogP contribution >= 0.6 is 0 Å². The Bertz CT molecular complexity index is 589. The molecule has 0 saturated carbocycles. The van der Waals surface area contributed by atoms with Crippen LogP contribution in [0.4, 0.5) is 0 Å². The van der Waals surface area contributed by atoms with Gasteiger partial charge in [0, 0.05) is 11.1 Å². The largest absolute Gasteiger partial charge is 0.497 e. The first-order valence-corrected chi connectivity index (χ1v) is 5.78. The van der Waals surface area contributed by atoms with E-state index in [1.165, 1.54) is 0 Å². The molecule has 0 aliphatic rings. The lowest BCUT2D eigenvalue weighted by Gasteiger charge is -2.05. The molecule has 0 bridgehead atoms. The highest BCUT2D eigenvalue weighted by Crippen LogP contribution is 2.14. The van der Waals surface area contributed by atoms with Crippen molar-refractivity contribution < 1.29 is 9.53 Å². The number of carbonyl (C=O) groups is 1. The summed E-state index contributed by atoms with van der Waals surface area (Å²) in [6.07, 6.45) is 0. The summed E-state index contributed by atoms with van der Waals surface area (Å²) in [5, 5.41) is 3.61. The van der Waals surface area contributed by atoms with Crippen molar-refractivity contribution in [2.75, 3.05) is 7.11 Å². The molecule has 2 aromatic carbocycles. The smallest absolute Gasteiger partial charge is 0.213 e. The standard InChI is InChI=1S/C15H14N2O2/c1-19-13-9-7-12(8-10-13)15(18)14(17-16)11-5-3-2-4-6-11/h2-10H,16H2,1H3/b17-14+. The molecule has 0 saturated heterocycles. The molecule has 2 aromatic rings. The number of Topliss-reactive ketones (excluding diaryl/α,β-unsaturated/α-hetero) is 1. The van der Waals surface area contributed by atoms with E-state index in [2.05, 4.69) is 5.10 Å². The molecule has 96 valence electrons. The monoisotopic (exact) mass is 254 g/mol. The van der Waals surface area contributed by atoms with Crippen LogP contribution in [0.1, 0.15) is 15.9 Å². The van der Waals surface area contributed by atoms with Gasteiger partial charge in [-0.15, -0.1) is 0 Å². The molecule has 0 aliphatic heterocycles. The maximum atomic E-state index is 12.3. The minimum absolute atomic E-state index is 0.212. The average molecular weight is 254 g/mol. The van der Waals surface area contributed by atoms with Gasteiger partial charge in [-0.25, -0.2) is 0 Å². The van der Waals surface area contributed by atoms with Crippen LogP contribution in [0.25, 0.3) is 0 Å². The number of nitrogens with two attached hydrogens (primary N) is 1. The molecule has 0 aromatic heterocycles. The Morgan fingerprint density at radius 1 is 1.00 bits per heavy atom. The molecule has 0 atom stereocenters. The summed E-state index contributed by atoms with van der Waals surface area (Å²) >= 11 is 0.